The molecule has 0 aliphatic heterocycles. The van der Waals surface area contributed by atoms with Crippen molar-refractivity contribution < 1.29 is 0 Å². The molecule has 0 aliphatic carbocycles. The molecule has 2 aromatic carbocycles. The van der Waals surface area contributed by atoms with Gasteiger partial charge >= 0.3 is 0 Å². The summed E-state index contributed by atoms with van der Waals surface area (Å²) in [7, 11) is 0. The number of guanidine groups is 1. The highest BCUT2D eigenvalue weighted by Crippen LogP contribution is 2.18. The van der Waals surface area contributed by atoms with Gasteiger partial charge in [0.05, 0.1) is 0 Å². The first-order chi connectivity index (χ1) is 9.76. The van der Waals surface area contributed by atoms with E-state index >= 15 is 0 Å². The van der Waals surface area contributed by atoms with Crippen LogP contribution in [0.1, 0.15) is 19.4 Å². The molecule has 0 spiro atoms. The lowest BCUT2D eigenvalue weighted by Gasteiger charge is -2.19. The van der Waals surface area contributed by atoms with E-state index in [1.54, 1.807) is 0 Å². The highest BCUT2D eigenvalue weighted by atomic mass is 15.2. The predicted molar refractivity (Wildman–Crippen MR) is 87.1 cm³/mol. The second-order valence-electron chi connectivity index (χ2n) is 4.80. The topological polar surface area (TPSA) is 41.6 Å². The van der Waals surface area contributed by atoms with Gasteiger partial charge in [0.2, 0.25) is 0 Å². The van der Waals surface area contributed by atoms with E-state index in [9.17, 15) is 0 Å². The molecule has 0 heterocycles. The van der Waals surface area contributed by atoms with Crippen molar-refractivity contribution in [3.8, 4) is 0 Å². The summed E-state index contributed by atoms with van der Waals surface area (Å²) in [4.78, 5) is 6.56. The van der Waals surface area contributed by atoms with Gasteiger partial charge in [-0.05, 0) is 36.6 Å². The minimum absolute atomic E-state index is 0.648. The van der Waals surface area contributed by atoms with Crippen molar-refractivity contribution in [1.82, 2.24) is 4.90 Å². The first-order valence-electron chi connectivity index (χ1n) is 7.27. The van der Waals surface area contributed by atoms with Crippen LogP contribution in [0.2, 0.25) is 0 Å². The molecule has 0 fully saturated rings. The average Bonchev–Trinajstić information content (AvgIpc) is 2.49. The van der Waals surface area contributed by atoms with Crippen LogP contribution in [0.15, 0.2) is 47.5 Å². The Balaban J connectivity index is 2.08. The Bertz CT molecular complexity index is 580. The van der Waals surface area contributed by atoms with Gasteiger partial charge in [-0.25, -0.2) is 0 Å². The number of hydrogen-bond acceptors (Lipinski definition) is 1. The SMILES string of the molecule is CCN(CC)C(N)=NCCc1cccc2ccccc12. The van der Waals surface area contributed by atoms with Crippen molar-refractivity contribution in [2.45, 2.75) is 20.3 Å². The zero-order chi connectivity index (χ0) is 14.4. The van der Waals surface area contributed by atoms with Crippen LogP contribution in [0.25, 0.3) is 10.8 Å². The van der Waals surface area contributed by atoms with E-state index in [2.05, 4.69) is 66.2 Å². The van der Waals surface area contributed by atoms with Gasteiger partial charge in [-0.15, -0.1) is 0 Å². The third-order valence-electron chi connectivity index (χ3n) is 3.62. The predicted octanol–water partition coefficient (Wildman–Crippen LogP) is 3.04. The Morgan fingerprint density at radius 3 is 2.50 bits per heavy atom. The molecular formula is C17H23N3. The molecule has 2 rings (SSSR count). The smallest absolute Gasteiger partial charge is 0.191 e. The molecule has 20 heavy (non-hydrogen) atoms. The third-order valence-corrected chi connectivity index (χ3v) is 3.62. The number of fused-ring (bicyclic) bond motifs is 1. The number of hydrogen-bond donors (Lipinski definition) is 1. The van der Waals surface area contributed by atoms with Gasteiger partial charge in [-0.1, -0.05) is 42.5 Å². The molecule has 3 nitrogen and oxygen atoms in total. The van der Waals surface area contributed by atoms with Crippen molar-refractivity contribution in [3.63, 3.8) is 0 Å². The maximum absolute atomic E-state index is 5.99. The molecule has 0 bridgehead atoms. The normalized spacial score (nSPS) is 11.8. The van der Waals surface area contributed by atoms with Gasteiger partial charge in [-0.2, -0.15) is 0 Å². The van der Waals surface area contributed by atoms with Crippen LogP contribution in [-0.2, 0) is 6.42 Å². The molecule has 0 saturated carbocycles. The summed E-state index contributed by atoms with van der Waals surface area (Å²) in [6.45, 7) is 6.73. The largest absolute Gasteiger partial charge is 0.370 e. The van der Waals surface area contributed by atoms with Crippen LogP contribution in [0.4, 0.5) is 0 Å². The second-order valence-corrected chi connectivity index (χ2v) is 4.80. The maximum atomic E-state index is 5.99. The highest BCUT2D eigenvalue weighted by Gasteiger charge is 2.03. The van der Waals surface area contributed by atoms with Gasteiger partial charge in [0.15, 0.2) is 5.96 Å². The van der Waals surface area contributed by atoms with Crippen LogP contribution in [0.5, 0.6) is 0 Å². The van der Waals surface area contributed by atoms with E-state index < -0.39 is 0 Å². The number of benzene rings is 2. The first-order valence-corrected chi connectivity index (χ1v) is 7.27. The van der Waals surface area contributed by atoms with Crippen LogP contribution in [0.3, 0.4) is 0 Å². The van der Waals surface area contributed by atoms with Crippen LogP contribution in [0, 0.1) is 0 Å². The lowest BCUT2D eigenvalue weighted by Crippen LogP contribution is -2.37. The summed E-state index contributed by atoms with van der Waals surface area (Å²) in [5.74, 6) is 0.648. The standard InChI is InChI=1S/C17H23N3/c1-3-20(4-2)17(18)19-13-12-15-10-7-9-14-8-5-6-11-16(14)15/h5-11H,3-4,12-13H2,1-2H3,(H2,18,19). The minimum atomic E-state index is 0.648. The van der Waals surface area contributed by atoms with Crippen molar-refractivity contribution in [2.75, 3.05) is 19.6 Å². The van der Waals surface area contributed by atoms with Crippen molar-refractivity contribution >= 4 is 16.7 Å². The van der Waals surface area contributed by atoms with E-state index in [1.165, 1.54) is 16.3 Å². The van der Waals surface area contributed by atoms with E-state index in [1.807, 2.05) is 0 Å². The molecule has 2 aromatic rings. The van der Waals surface area contributed by atoms with Gasteiger partial charge in [-0.3, -0.25) is 4.99 Å². The zero-order valence-corrected chi connectivity index (χ0v) is 12.3. The van der Waals surface area contributed by atoms with Gasteiger partial charge in [0.1, 0.15) is 0 Å². The van der Waals surface area contributed by atoms with E-state index in [4.69, 9.17) is 5.73 Å². The molecule has 106 valence electrons. The van der Waals surface area contributed by atoms with E-state index in [0.717, 1.165) is 26.1 Å². The summed E-state index contributed by atoms with van der Waals surface area (Å²) < 4.78 is 0. The molecule has 0 aliphatic rings. The Hall–Kier alpha value is -2.03. The quantitative estimate of drug-likeness (QED) is 0.669. The van der Waals surface area contributed by atoms with E-state index in [0.29, 0.717) is 5.96 Å². The molecule has 0 atom stereocenters. The fraction of sp³-hybridized carbons (Fsp3) is 0.353. The summed E-state index contributed by atoms with van der Waals surface area (Å²) in [5, 5.41) is 2.59. The lowest BCUT2D eigenvalue weighted by atomic mass is 10.0. The Morgan fingerprint density at radius 2 is 1.75 bits per heavy atom. The van der Waals surface area contributed by atoms with Gasteiger partial charge in [0, 0.05) is 19.6 Å². The van der Waals surface area contributed by atoms with Crippen molar-refractivity contribution in [1.29, 1.82) is 0 Å². The lowest BCUT2D eigenvalue weighted by molar-refractivity contribution is 0.458. The molecule has 0 amide bonds. The summed E-state index contributed by atoms with van der Waals surface area (Å²) in [6.07, 6.45) is 0.920. The second kappa shape index (κ2) is 6.94. The first kappa shape index (κ1) is 14.4. The molecule has 0 aromatic heterocycles. The maximum Gasteiger partial charge on any atom is 0.191 e. The van der Waals surface area contributed by atoms with Gasteiger partial charge < -0.3 is 10.6 Å². The van der Waals surface area contributed by atoms with E-state index in [-0.39, 0.29) is 0 Å². The summed E-state index contributed by atoms with van der Waals surface area (Å²) in [5.41, 5.74) is 7.32. The Morgan fingerprint density at radius 1 is 1.05 bits per heavy atom. The average molecular weight is 269 g/mol. The third kappa shape index (κ3) is 3.29. The number of aliphatic imine (C=N–C) groups is 1. The number of rotatable bonds is 5. The van der Waals surface area contributed by atoms with Crippen LogP contribution in [-0.4, -0.2) is 30.5 Å². The van der Waals surface area contributed by atoms with Crippen LogP contribution < -0.4 is 5.73 Å². The molecule has 0 saturated heterocycles. The monoisotopic (exact) mass is 269 g/mol. The van der Waals surface area contributed by atoms with Crippen molar-refractivity contribution in [2.24, 2.45) is 10.7 Å². The fourth-order valence-corrected chi connectivity index (χ4v) is 2.45. The minimum Gasteiger partial charge on any atom is -0.370 e. The van der Waals surface area contributed by atoms with Crippen molar-refractivity contribution in [3.05, 3.63) is 48.0 Å². The summed E-state index contributed by atoms with van der Waals surface area (Å²) in [6, 6.07) is 14.9. The molecule has 3 heteroatoms. The number of nitrogens with two attached hydrogens (primary N) is 1. The summed E-state index contributed by atoms with van der Waals surface area (Å²) >= 11 is 0. The molecule has 0 radical (unpaired) electrons. The van der Waals surface area contributed by atoms with Gasteiger partial charge in [0.25, 0.3) is 0 Å². The molecule has 0 unspecified atom stereocenters. The zero-order valence-electron chi connectivity index (χ0n) is 12.3. The number of nitrogens with zero attached hydrogens (tertiary/aromatic N) is 2. The Labute approximate surface area is 121 Å². The van der Waals surface area contributed by atoms with Crippen LogP contribution >= 0.6 is 0 Å². The fourth-order valence-electron chi connectivity index (χ4n) is 2.45. The molecule has 2 N–H and O–H groups in total. The molecular weight excluding hydrogens is 246 g/mol. The Kier molecular flexibility index (Phi) is 4.99. The highest BCUT2D eigenvalue weighted by molar-refractivity contribution is 5.85.